The highest BCUT2D eigenvalue weighted by Gasteiger charge is 2.15. The van der Waals surface area contributed by atoms with Crippen molar-refractivity contribution in [1.29, 1.82) is 0 Å². The van der Waals surface area contributed by atoms with E-state index in [2.05, 4.69) is 44.3 Å². The number of hydrogen-bond donors (Lipinski definition) is 1. The highest BCUT2D eigenvalue weighted by molar-refractivity contribution is 7.99. The normalized spacial score (nSPS) is 12.0. The molecule has 0 aliphatic heterocycles. The molecule has 2 aromatic rings. The van der Waals surface area contributed by atoms with E-state index in [0.29, 0.717) is 22.1 Å². The van der Waals surface area contributed by atoms with Gasteiger partial charge in [0, 0.05) is 10.8 Å². The molecule has 0 radical (unpaired) electrons. The quantitative estimate of drug-likeness (QED) is 0.678. The monoisotopic (exact) mass is 379 g/mol. The summed E-state index contributed by atoms with van der Waals surface area (Å²) in [4.78, 5) is 12.2. The van der Waals surface area contributed by atoms with Gasteiger partial charge in [-0.25, -0.2) is 4.39 Å². The number of aryl methyl sites for hydroxylation is 2. The number of hydrogen-bond acceptors (Lipinski definition) is 2. The van der Waals surface area contributed by atoms with Gasteiger partial charge in [-0.2, -0.15) is 0 Å². The van der Waals surface area contributed by atoms with Crippen molar-refractivity contribution in [3.05, 3.63) is 69.5 Å². The van der Waals surface area contributed by atoms with Crippen LogP contribution in [-0.2, 0) is 10.5 Å². The highest BCUT2D eigenvalue weighted by atomic mass is 35.5. The number of halogens is 2. The molecule has 0 bridgehead atoms. The van der Waals surface area contributed by atoms with Crippen LogP contribution in [0.15, 0.2) is 36.4 Å². The summed E-state index contributed by atoms with van der Waals surface area (Å²) in [5, 5.41) is 3.46. The van der Waals surface area contributed by atoms with Crippen LogP contribution in [0.5, 0.6) is 0 Å². The van der Waals surface area contributed by atoms with Crippen molar-refractivity contribution >= 4 is 29.3 Å². The van der Waals surface area contributed by atoms with Gasteiger partial charge in [0.05, 0.1) is 11.8 Å². The number of thioether (sulfide) groups is 1. The largest absolute Gasteiger partial charge is 0.349 e. The third kappa shape index (κ3) is 5.75. The minimum absolute atomic E-state index is 0.000896. The van der Waals surface area contributed by atoms with Crippen LogP contribution in [-0.4, -0.2) is 11.7 Å². The summed E-state index contributed by atoms with van der Waals surface area (Å²) >= 11 is 7.14. The van der Waals surface area contributed by atoms with E-state index >= 15 is 0 Å². The Bertz CT molecular complexity index is 750. The summed E-state index contributed by atoms with van der Waals surface area (Å²) in [6.45, 7) is 6.18. The van der Waals surface area contributed by atoms with E-state index in [1.165, 1.54) is 29.0 Å². The molecular weight excluding hydrogens is 357 g/mol. The van der Waals surface area contributed by atoms with Gasteiger partial charge in [0.2, 0.25) is 5.91 Å². The van der Waals surface area contributed by atoms with Gasteiger partial charge in [0.15, 0.2) is 0 Å². The summed E-state index contributed by atoms with van der Waals surface area (Å²) in [5.41, 5.74) is 4.10. The Kier molecular flexibility index (Phi) is 7.33. The molecule has 1 unspecified atom stereocenters. The molecule has 2 nitrogen and oxygen atoms in total. The molecule has 0 saturated carbocycles. The summed E-state index contributed by atoms with van der Waals surface area (Å²) < 4.78 is 13.7. The van der Waals surface area contributed by atoms with Crippen molar-refractivity contribution in [3.8, 4) is 0 Å². The van der Waals surface area contributed by atoms with Crippen molar-refractivity contribution < 1.29 is 9.18 Å². The van der Waals surface area contributed by atoms with E-state index in [1.807, 2.05) is 0 Å². The zero-order chi connectivity index (χ0) is 18.4. The topological polar surface area (TPSA) is 29.1 Å². The van der Waals surface area contributed by atoms with Gasteiger partial charge in [0.25, 0.3) is 0 Å². The van der Waals surface area contributed by atoms with E-state index < -0.39 is 0 Å². The minimum atomic E-state index is -0.331. The Labute approximate surface area is 158 Å². The van der Waals surface area contributed by atoms with E-state index in [1.54, 1.807) is 12.1 Å². The summed E-state index contributed by atoms with van der Waals surface area (Å²) in [6, 6.07) is 10.9. The van der Waals surface area contributed by atoms with Crippen LogP contribution in [0.2, 0.25) is 5.02 Å². The van der Waals surface area contributed by atoms with Crippen LogP contribution >= 0.6 is 23.4 Å². The first-order chi connectivity index (χ1) is 11.9. The number of carbonyl (C=O) groups is 1. The Morgan fingerprint density at radius 1 is 1.24 bits per heavy atom. The third-order valence-corrected chi connectivity index (χ3v) is 5.27. The maximum atomic E-state index is 13.7. The van der Waals surface area contributed by atoms with Crippen molar-refractivity contribution in [3.63, 3.8) is 0 Å². The second-order valence-corrected chi connectivity index (χ2v) is 7.54. The molecule has 0 aliphatic rings. The minimum Gasteiger partial charge on any atom is -0.349 e. The zero-order valence-electron chi connectivity index (χ0n) is 14.7. The average molecular weight is 380 g/mol. The maximum absolute atomic E-state index is 13.7. The first kappa shape index (κ1) is 19.8. The number of amides is 1. The van der Waals surface area contributed by atoms with Crippen LogP contribution in [0.1, 0.15) is 41.6 Å². The Hall–Kier alpha value is -1.52. The van der Waals surface area contributed by atoms with Gasteiger partial charge in [-0.1, -0.05) is 48.4 Å². The molecule has 0 heterocycles. The van der Waals surface area contributed by atoms with Crippen LogP contribution in [0, 0.1) is 19.7 Å². The van der Waals surface area contributed by atoms with Gasteiger partial charge in [-0.15, -0.1) is 11.8 Å². The van der Waals surface area contributed by atoms with Gasteiger partial charge in [-0.05, 0) is 49.1 Å². The number of rotatable bonds is 7. The van der Waals surface area contributed by atoms with E-state index in [-0.39, 0.29) is 17.8 Å². The fraction of sp³-hybridized carbons (Fsp3) is 0.350. The lowest BCUT2D eigenvalue weighted by molar-refractivity contribution is -0.119. The van der Waals surface area contributed by atoms with Gasteiger partial charge >= 0.3 is 0 Å². The lowest BCUT2D eigenvalue weighted by atomic mass is 9.97. The molecule has 0 spiro atoms. The predicted octanol–water partition coefficient (Wildman–Crippen LogP) is 5.60. The Morgan fingerprint density at radius 2 is 2.00 bits per heavy atom. The highest BCUT2D eigenvalue weighted by Crippen LogP contribution is 2.23. The standard InChI is InChI=1S/C20H23ClFNOS/c1-4-19(17-8-5-13(2)9-14(17)3)23-20(24)12-25-11-15-6-7-16(21)10-18(15)22/h5-10,19H,4,11-12H2,1-3H3,(H,23,24). The number of benzene rings is 2. The fourth-order valence-corrected chi connectivity index (χ4v) is 3.73. The first-order valence-corrected chi connectivity index (χ1v) is 9.82. The summed E-state index contributed by atoms with van der Waals surface area (Å²) in [5.74, 6) is 0.369. The fourth-order valence-electron chi connectivity index (χ4n) is 2.74. The van der Waals surface area contributed by atoms with Crippen LogP contribution in [0.3, 0.4) is 0 Å². The lowest BCUT2D eigenvalue weighted by Gasteiger charge is -2.20. The third-order valence-electron chi connectivity index (χ3n) is 4.05. The Balaban J connectivity index is 1.89. The second kappa shape index (κ2) is 9.25. The van der Waals surface area contributed by atoms with Crippen LogP contribution in [0.25, 0.3) is 0 Å². The predicted molar refractivity (Wildman–Crippen MR) is 105 cm³/mol. The Morgan fingerprint density at radius 3 is 2.64 bits per heavy atom. The molecule has 0 fully saturated rings. The summed E-state index contributed by atoms with van der Waals surface area (Å²) in [7, 11) is 0. The molecular formula is C20H23ClFNOS. The van der Waals surface area contributed by atoms with Gasteiger partial charge < -0.3 is 5.32 Å². The smallest absolute Gasteiger partial charge is 0.230 e. The first-order valence-electron chi connectivity index (χ1n) is 8.29. The molecule has 0 aromatic heterocycles. The van der Waals surface area contributed by atoms with Crippen molar-refractivity contribution in [2.45, 2.75) is 39.0 Å². The van der Waals surface area contributed by atoms with Crippen molar-refractivity contribution in [2.75, 3.05) is 5.75 Å². The second-order valence-electron chi connectivity index (χ2n) is 6.12. The average Bonchev–Trinajstić information content (AvgIpc) is 2.55. The molecule has 0 saturated heterocycles. The number of nitrogens with one attached hydrogen (secondary N) is 1. The van der Waals surface area contributed by atoms with E-state index in [9.17, 15) is 9.18 Å². The van der Waals surface area contributed by atoms with E-state index in [0.717, 1.165) is 12.0 Å². The van der Waals surface area contributed by atoms with Crippen molar-refractivity contribution in [2.24, 2.45) is 0 Å². The SMILES string of the molecule is CCC(NC(=O)CSCc1ccc(Cl)cc1F)c1ccc(C)cc1C. The molecule has 5 heteroatoms. The van der Waals surface area contributed by atoms with Crippen LogP contribution < -0.4 is 5.32 Å². The molecule has 1 N–H and O–H groups in total. The van der Waals surface area contributed by atoms with Gasteiger partial charge in [0.1, 0.15) is 5.82 Å². The molecule has 2 aromatic carbocycles. The molecule has 0 aliphatic carbocycles. The van der Waals surface area contributed by atoms with E-state index in [4.69, 9.17) is 11.6 Å². The number of carbonyl (C=O) groups excluding carboxylic acids is 1. The lowest BCUT2D eigenvalue weighted by Crippen LogP contribution is -2.30. The molecule has 1 atom stereocenters. The maximum Gasteiger partial charge on any atom is 0.230 e. The van der Waals surface area contributed by atoms with Crippen LogP contribution in [0.4, 0.5) is 4.39 Å². The molecule has 25 heavy (non-hydrogen) atoms. The molecule has 134 valence electrons. The van der Waals surface area contributed by atoms with Gasteiger partial charge in [-0.3, -0.25) is 4.79 Å². The van der Waals surface area contributed by atoms with Crippen molar-refractivity contribution in [1.82, 2.24) is 5.32 Å². The molecule has 1 amide bonds. The molecule has 2 rings (SSSR count). The zero-order valence-corrected chi connectivity index (χ0v) is 16.3. The summed E-state index contributed by atoms with van der Waals surface area (Å²) in [6.07, 6.45) is 0.826.